The highest BCUT2D eigenvalue weighted by Crippen LogP contribution is 2.19. The van der Waals surface area contributed by atoms with Crippen molar-refractivity contribution >= 4 is 35.8 Å². The summed E-state index contributed by atoms with van der Waals surface area (Å²) in [5, 5.41) is 6.04. The molecule has 0 unspecified atom stereocenters. The fraction of sp³-hybridized carbons (Fsp3) is 0.579. The van der Waals surface area contributed by atoms with Crippen molar-refractivity contribution in [1.82, 2.24) is 15.5 Å². The Morgan fingerprint density at radius 3 is 2.41 bits per heavy atom. The highest BCUT2D eigenvalue weighted by Gasteiger charge is 2.27. The summed E-state index contributed by atoms with van der Waals surface area (Å²) in [5.41, 5.74) is 0.198. The van der Waals surface area contributed by atoms with Crippen LogP contribution in [-0.4, -0.2) is 50.6 Å². The molecule has 0 spiro atoms. The molecule has 27 heavy (non-hydrogen) atoms. The number of benzene rings is 1. The van der Waals surface area contributed by atoms with Crippen LogP contribution in [0.5, 0.6) is 5.75 Å². The van der Waals surface area contributed by atoms with Gasteiger partial charge < -0.3 is 20.3 Å². The zero-order valence-electron chi connectivity index (χ0n) is 17.1. The number of amides is 1. The quantitative estimate of drug-likeness (QED) is 0.332. The standard InChI is InChI=1S/C19H31FN4O2.HI/c1-7-21-17(25)19(3,4)13-23-18(22-8-2)24(5)12-14-9-10-16(26-6)15(20)11-14;/h9-11H,7-8,12-13H2,1-6H3,(H,21,25)(H,22,23);1H. The first-order valence-electron chi connectivity index (χ1n) is 8.85. The summed E-state index contributed by atoms with van der Waals surface area (Å²) in [6.07, 6.45) is 0. The van der Waals surface area contributed by atoms with Gasteiger partial charge in [0.2, 0.25) is 5.91 Å². The van der Waals surface area contributed by atoms with Crippen LogP contribution < -0.4 is 15.4 Å². The molecule has 154 valence electrons. The minimum Gasteiger partial charge on any atom is -0.494 e. The van der Waals surface area contributed by atoms with E-state index in [1.165, 1.54) is 13.2 Å². The number of hydrogen-bond acceptors (Lipinski definition) is 3. The Kier molecular flexibility index (Phi) is 11.3. The second-order valence-corrected chi connectivity index (χ2v) is 6.74. The minimum atomic E-state index is -0.607. The number of hydrogen-bond donors (Lipinski definition) is 2. The molecule has 0 aromatic heterocycles. The number of halogens is 2. The SMILES string of the molecule is CCNC(=O)C(C)(C)CN=C(NCC)N(C)Cc1ccc(OC)c(F)c1.I. The number of nitrogens with one attached hydrogen (secondary N) is 2. The molecule has 0 aliphatic rings. The molecule has 0 atom stereocenters. The molecule has 0 radical (unpaired) electrons. The second-order valence-electron chi connectivity index (χ2n) is 6.74. The van der Waals surface area contributed by atoms with Gasteiger partial charge in [0.15, 0.2) is 17.5 Å². The van der Waals surface area contributed by atoms with E-state index in [1.807, 2.05) is 45.7 Å². The lowest BCUT2D eigenvalue weighted by Gasteiger charge is -2.25. The highest BCUT2D eigenvalue weighted by molar-refractivity contribution is 14.0. The molecule has 1 aromatic rings. The molecule has 1 amide bonds. The Bertz CT molecular complexity index is 638. The topological polar surface area (TPSA) is 66.0 Å². The van der Waals surface area contributed by atoms with Crippen LogP contribution >= 0.6 is 24.0 Å². The average molecular weight is 494 g/mol. The molecule has 8 heteroatoms. The minimum absolute atomic E-state index is 0. The molecular formula is C19H32FIN4O2. The van der Waals surface area contributed by atoms with Crippen LogP contribution in [0.2, 0.25) is 0 Å². The number of nitrogens with zero attached hydrogens (tertiary/aromatic N) is 2. The Balaban J connectivity index is 0.00000676. The monoisotopic (exact) mass is 494 g/mol. The van der Waals surface area contributed by atoms with E-state index in [4.69, 9.17) is 4.74 Å². The van der Waals surface area contributed by atoms with E-state index in [0.717, 1.165) is 5.56 Å². The molecule has 0 heterocycles. The van der Waals surface area contributed by atoms with Crippen molar-refractivity contribution in [2.24, 2.45) is 10.4 Å². The van der Waals surface area contributed by atoms with E-state index in [9.17, 15) is 9.18 Å². The van der Waals surface area contributed by atoms with Crippen LogP contribution in [0.25, 0.3) is 0 Å². The van der Waals surface area contributed by atoms with E-state index in [-0.39, 0.29) is 35.6 Å². The van der Waals surface area contributed by atoms with E-state index >= 15 is 0 Å². The maximum Gasteiger partial charge on any atom is 0.227 e. The Morgan fingerprint density at radius 2 is 1.89 bits per heavy atom. The van der Waals surface area contributed by atoms with Crippen LogP contribution in [0.1, 0.15) is 33.3 Å². The fourth-order valence-electron chi connectivity index (χ4n) is 2.37. The molecule has 0 aliphatic heterocycles. The number of methoxy groups -OCH3 is 1. The predicted molar refractivity (Wildman–Crippen MR) is 118 cm³/mol. The molecular weight excluding hydrogens is 462 g/mol. The summed E-state index contributed by atoms with van der Waals surface area (Å²) >= 11 is 0. The van der Waals surface area contributed by atoms with Crippen LogP contribution in [0.3, 0.4) is 0 Å². The van der Waals surface area contributed by atoms with Gasteiger partial charge in [-0.2, -0.15) is 0 Å². The molecule has 1 aromatic carbocycles. The molecule has 2 N–H and O–H groups in total. The highest BCUT2D eigenvalue weighted by atomic mass is 127. The number of rotatable bonds is 8. The molecule has 6 nitrogen and oxygen atoms in total. The lowest BCUT2D eigenvalue weighted by atomic mass is 9.92. The van der Waals surface area contributed by atoms with Gasteiger partial charge in [-0.15, -0.1) is 24.0 Å². The smallest absolute Gasteiger partial charge is 0.227 e. The maximum atomic E-state index is 13.9. The zero-order chi connectivity index (χ0) is 19.7. The number of aliphatic imine (C=N–C) groups is 1. The van der Waals surface area contributed by atoms with Gasteiger partial charge >= 0.3 is 0 Å². The summed E-state index contributed by atoms with van der Waals surface area (Å²) in [6.45, 7) is 9.72. The number of ether oxygens (including phenoxy) is 1. The third-order valence-corrected chi connectivity index (χ3v) is 3.91. The summed E-state index contributed by atoms with van der Waals surface area (Å²) in [7, 11) is 3.32. The summed E-state index contributed by atoms with van der Waals surface area (Å²) in [4.78, 5) is 18.6. The van der Waals surface area contributed by atoms with Crippen LogP contribution in [0.4, 0.5) is 4.39 Å². The van der Waals surface area contributed by atoms with Crippen molar-refractivity contribution < 1.29 is 13.9 Å². The van der Waals surface area contributed by atoms with Crippen molar-refractivity contribution in [1.29, 1.82) is 0 Å². The molecule has 0 bridgehead atoms. The molecule has 0 aliphatic carbocycles. The van der Waals surface area contributed by atoms with Crippen LogP contribution in [-0.2, 0) is 11.3 Å². The van der Waals surface area contributed by atoms with Crippen molar-refractivity contribution in [2.45, 2.75) is 34.2 Å². The number of guanidine groups is 1. The summed E-state index contributed by atoms with van der Waals surface area (Å²) in [6, 6.07) is 4.89. The number of carbonyl (C=O) groups excluding carboxylic acids is 1. The van der Waals surface area contributed by atoms with Gasteiger partial charge in [0.25, 0.3) is 0 Å². The zero-order valence-corrected chi connectivity index (χ0v) is 19.4. The van der Waals surface area contributed by atoms with E-state index in [1.54, 1.807) is 6.07 Å². The lowest BCUT2D eigenvalue weighted by Crippen LogP contribution is -2.42. The summed E-state index contributed by atoms with van der Waals surface area (Å²) in [5.74, 6) is 0.471. The van der Waals surface area contributed by atoms with Crippen molar-refractivity contribution in [3.63, 3.8) is 0 Å². The molecule has 0 fully saturated rings. The molecule has 0 saturated heterocycles. The first-order chi connectivity index (χ1) is 12.2. The maximum absolute atomic E-state index is 13.9. The molecule has 1 rings (SSSR count). The first-order valence-corrected chi connectivity index (χ1v) is 8.85. The normalized spacial score (nSPS) is 11.4. The number of carbonyl (C=O) groups is 1. The Labute approximate surface area is 179 Å². The van der Waals surface area contributed by atoms with Gasteiger partial charge in [-0.1, -0.05) is 6.07 Å². The molecule has 0 saturated carbocycles. The largest absolute Gasteiger partial charge is 0.494 e. The van der Waals surface area contributed by atoms with Crippen molar-refractivity contribution in [3.8, 4) is 5.75 Å². The van der Waals surface area contributed by atoms with Gasteiger partial charge in [-0.05, 0) is 45.4 Å². The first kappa shape index (κ1) is 25.4. The average Bonchev–Trinajstić information content (AvgIpc) is 2.58. The van der Waals surface area contributed by atoms with Crippen molar-refractivity contribution in [3.05, 3.63) is 29.6 Å². The third kappa shape index (κ3) is 7.90. The van der Waals surface area contributed by atoms with E-state index in [2.05, 4.69) is 15.6 Å². The van der Waals surface area contributed by atoms with Gasteiger partial charge in [0.05, 0.1) is 19.1 Å². The Hall–Kier alpha value is -1.58. The summed E-state index contributed by atoms with van der Waals surface area (Å²) < 4.78 is 18.8. The van der Waals surface area contributed by atoms with Crippen LogP contribution in [0, 0.1) is 11.2 Å². The van der Waals surface area contributed by atoms with Gasteiger partial charge in [-0.25, -0.2) is 4.39 Å². The van der Waals surface area contributed by atoms with Gasteiger partial charge in [0, 0.05) is 26.7 Å². The van der Waals surface area contributed by atoms with E-state index < -0.39 is 11.2 Å². The fourth-order valence-corrected chi connectivity index (χ4v) is 2.37. The van der Waals surface area contributed by atoms with Gasteiger partial charge in [-0.3, -0.25) is 9.79 Å². The van der Waals surface area contributed by atoms with Crippen LogP contribution in [0.15, 0.2) is 23.2 Å². The third-order valence-electron chi connectivity index (χ3n) is 3.91. The second kappa shape index (κ2) is 12.0. The van der Waals surface area contributed by atoms with Gasteiger partial charge in [0.1, 0.15) is 0 Å². The predicted octanol–water partition coefficient (Wildman–Crippen LogP) is 3.01. The van der Waals surface area contributed by atoms with Crippen molar-refractivity contribution in [2.75, 3.05) is 33.8 Å². The van der Waals surface area contributed by atoms with E-state index in [0.29, 0.717) is 32.1 Å². The lowest BCUT2D eigenvalue weighted by molar-refractivity contribution is -0.128. The Morgan fingerprint density at radius 1 is 1.26 bits per heavy atom.